The molecule has 0 heterocycles. The fourth-order valence-electron chi connectivity index (χ4n) is 1.60. The predicted octanol–water partition coefficient (Wildman–Crippen LogP) is 16.9. The van der Waals surface area contributed by atoms with E-state index in [-0.39, 0.29) is 0 Å². The van der Waals surface area contributed by atoms with Crippen molar-refractivity contribution in [3.05, 3.63) is 0 Å². The molecule has 0 heteroatoms. The molecule has 1 rings (SSSR count). The molecular formula is C39H96. The number of hydrogen-bond donors (Lipinski definition) is 0. The maximum Gasteiger partial charge on any atom is -0.0443 e. The normalized spacial score (nSPS) is 10.7. The van der Waals surface area contributed by atoms with Gasteiger partial charge in [-0.05, 0) is 23.7 Å². The number of unbranched alkanes of at least 4 members (excludes halogenated alkanes) is 2. The fraction of sp³-hybridized carbons (Fsp3) is 1.00. The lowest BCUT2D eigenvalue weighted by Gasteiger charge is -2.15. The third-order valence-electron chi connectivity index (χ3n) is 5.10. The van der Waals surface area contributed by atoms with Crippen LogP contribution in [-0.2, 0) is 0 Å². The Morgan fingerprint density at radius 1 is 0.462 bits per heavy atom. The SMILES string of the molecule is CC.CC.CC.CC(C)C.CC1CCCCC1.CCC.CCC(C)C.CCC(C)CC.CCCC.CCCC. The van der Waals surface area contributed by atoms with Gasteiger partial charge in [0.05, 0.1) is 0 Å². The average Bonchev–Trinajstić information content (AvgIpc) is 2.97. The summed E-state index contributed by atoms with van der Waals surface area (Å²) in [5, 5.41) is 0. The molecule has 39 heavy (non-hydrogen) atoms. The standard InChI is InChI=1S/C7H14.C6H14.C5H12.3C4H10.C3H8.3C2H6/c1-7-5-3-2-4-6-7;1-4-6(3)5-2;1-4-5(2)3;1-4(2)3;2*1-3-4-2;1-3-2;3*1-2/h7H,2-6H2,1H3;6H,4-5H2,1-3H3;5H,4H2,1-3H3;4H,1-3H3;2*3-4H2,1-2H3;3H2,1-2H3;3*1-2H3. The minimum Gasteiger partial charge on any atom is -0.0683 e. The van der Waals surface area contributed by atoms with E-state index in [0.29, 0.717) is 0 Å². The summed E-state index contributed by atoms with van der Waals surface area (Å²) < 4.78 is 0. The first-order valence-electron chi connectivity index (χ1n) is 18.4. The Morgan fingerprint density at radius 2 is 0.667 bits per heavy atom. The smallest absolute Gasteiger partial charge is 0.0443 e. The molecule has 1 aliphatic rings. The van der Waals surface area contributed by atoms with Crippen molar-refractivity contribution < 1.29 is 0 Å². The second kappa shape index (κ2) is 83.2. The Morgan fingerprint density at radius 3 is 0.718 bits per heavy atom. The molecule has 0 amide bonds. The molecule has 0 spiro atoms. The van der Waals surface area contributed by atoms with Crippen molar-refractivity contribution in [1.29, 1.82) is 0 Å². The van der Waals surface area contributed by atoms with Crippen LogP contribution in [0.4, 0.5) is 0 Å². The monoisotopic (exact) mass is 565 g/mol. The van der Waals surface area contributed by atoms with Gasteiger partial charge >= 0.3 is 0 Å². The van der Waals surface area contributed by atoms with Crippen molar-refractivity contribution in [3.63, 3.8) is 0 Å². The summed E-state index contributed by atoms with van der Waals surface area (Å²) in [6.45, 7) is 47.2. The zero-order valence-electron chi connectivity index (χ0n) is 33.5. The van der Waals surface area contributed by atoms with Gasteiger partial charge in [-0.25, -0.2) is 0 Å². The third-order valence-corrected chi connectivity index (χ3v) is 5.10. The summed E-state index contributed by atoms with van der Waals surface area (Å²) in [6, 6.07) is 0. The lowest BCUT2D eigenvalue weighted by Crippen LogP contribution is -1.99. The summed E-state index contributed by atoms with van der Waals surface area (Å²) in [6.07, 6.45) is 17.9. The Balaban J connectivity index is -0.0000000378. The van der Waals surface area contributed by atoms with Crippen LogP contribution in [0.25, 0.3) is 0 Å². The Hall–Kier alpha value is 0. The van der Waals surface area contributed by atoms with Gasteiger partial charge < -0.3 is 0 Å². The molecule has 0 aliphatic heterocycles. The molecule has 1 saturated carbocycles. The summed E-state index contributed by atoms with van der Waals surface area (Å²) in [4.78, 5) is 0. The van der Waals surface area contributed by atoms with Crippen molar-refractivity contribution in [1.82, 2.24) is 0 Å². The highest BCUT2D eigenvalue weighted by Gasteiger charge is 2.05. The lowest BCUT2D eigenvalue weighted by molar-refractivity contribution is 0.385. The van der Waals surface area contributed by atoms with E-state index < -0.39 is 0 Å². The van der Waals surface area contributed by atoms with Crippen LogP contribution in [0.1, 0.15) is 236 Å². The fourth-order valence-corrected chi connectivity index (χ4v) is 1.60. The van der Waals surface area contributed by atoms with Crippen molar-refractivity contribution in [3.8, 4) is 0 Å². The van der Waals surface area contributed by atoms with Crippen molar-refractivity contribution in [2.75, 3.05) is 0 Å². The third kappa shape index (κ3) is 192. The van der Waals surface area contributed by atoms with Crippen LogP contribution in [0.15, 0.2) is 0 Å². The van der Waals surface area contributed by atoms with Crippen molar-refractivity contribution in [2.24, 2.45) is 23.7 Å². The van der Waals surface area contributed by atoms with E-state index >= 15 is 0 Å². The number of hydrogen-bond acceptors (Lipinski definition) is 0. The van der Waals surface area contributed by atoms with Crippen LogP contribution >= 0.6 is 0 Å². The zero-order valence-corrected chi connectivity index (χ0v) is 33.5. The first-order chi connectivity index (χ1) is 18.4. The van der Waals surface area contributed by atoms with Crippen molar-refractivity contribution >= 4 is 0 Å². The van der Waals surface area contributed by atoms with E-state index in [0.717, 1.165) is 23.7 Å². The van der Waals surface area contributed by atoms with E-state index in [2.05, 4.69) is 111 Å². The molecule has 0 atom stereocenters. The summed E-state index contributed by atoms with van der Waals surface area (Å²) in [5.41, 5.74) is 0. The van der Waals surface area contributed by atoms with Gasteiger partial charge in [0.1, 0.15) is 0 Å². The highest BCUT2D eigenvalue weighted by molar-refractivity contribution is 4.59. The first kappa shape index (κ1) is 62.6. The quantitative estimate of drug-likeness (QED) is 0.311. The van der Waals surface area contributed by atoms with Crippen LogP contribution in [0.2, 0.25) is 0 Å². The molecule has 0 N–H and O–H groups in total. The molecule has 0 saturated heterocycles. The van der Waals surface area contributed by atoms with Gasteiger partial charge in [0.2, 0.25) is 0 Å². The highest BCUT2D eigenvalue weighted by Crippen LogP contribution is 2.22. The molecule has 0 aromatic carbocycles. The Bertz CT molecular complexity index is 207. The Labute approximate surface area is 259 Å². The van der Waals surface area contributed by atoms with Crippen LogP contribution in [0.5, 0.6) is 0 Å². The first-order valence-corrected chi connectivity index (χ1v) is 18.4. The summed E-state index contributed by atoms with van der Waals surface area (Å²) in [5.74, 6) is 3.69. The van der Waals surface area contributed by atoms with E-state index in [4.69, 9.17) is 0 Å². The van der Waals surface area contributed by atoms with Gasteiger partial charge in [0.25, 0.3) is 0 Å². The molecule has 1 aliphatic carbocycles. The lowest BCUT2D eigenvalue weighted by atomic mass is 9.91. The average molecular weight is 565 g/mol. The maximum absolute atomic E-state index is 2.36. The second-order valence-corrected chi connectivity index (χ2v) is 10.9. The molecule has 1 fully saturated rings. The van der Waals surface area contributed by atoms with Gasteiger partial charge in [-0.1, -0.05) is 236 Å². The van der Waals surface area contributed by atoms with Gasteiger partial charge in [-0.2, -0.15) is 0 Å². The minimum absolute atomic E-state index is 0.833. The van der Waals surface area contributed by atoms with Gasteiger partial charge in [-0.3, -0.25) is 0 Å². The van der Waals surface area contributed by atoms with E-state index in [1.54, 1.807) is 0 Å². The van der Waals surface area contributed by atoms with Crippen LogP contribution in [-0.4, -0.2) is 0 Å². The van der Waals surface area contributed by atoms with Gasteiger partial charge in [0.15, 0.2) is 0 Å². The highest BCUT2D eigenvalue weighted by atomic mass is 14.1. The van der Waals surface area contributed by atoms with Crippen LogP contribution < -0.4 is 0 Å². The molecule has 0 aromatic heterocycles. The second-order valence-electron chi connectivity index (χ2n) is 10.9. The molecular weight excluding hydrogens is 468 g/mol. The topological polar surface area (TPSA) is 0 Å². The molecule has 0 unspecified atom stereocenters. The molecule has 0 nitrogen and oxygen atoms in total. The van der Waals surface area contributed by atoms with Crippen molar-refractivity contribution in [2.45, 2.75) is 236 Å². The molecule has 0 radical (unpaired) electrons. The minimum atomic E-state index is 0.833. The zero-order chi connectivity index (χ0) is 33.5. The van der Waals surface area contributed by atoms with E-state index in [9.17, 15) is 0 Å². The van der Waals surface area contributed by atoms with Crippen LogP contribution in [0, 0.1) is 23.7 Å². The van der Waals surface area contributed by atoms with Gasteiger partial charge in [-0.15, -0.1) is 0 Å². The van der Waals surface area contributed by atoms with E-state index in [1.807, 2.05) is 41.5 Å². The summed E-state index contributed by atoms with van der Waals surface area (Å²) in [7, 11) is 0. The Kier molecular flexibility index (Phi) is 134. The van der Waals surface area contributed by atoms with Crippen LogP contribution in [0.3, 0.4) is 0 Å². The summed E-state index contributed by atoms with van der Waals surface area (Å²) >= 11 is 0. The largest absolute Gasteiger partial charge is 0.0683 e. The predicted molar refractivity (Wildman–Crippen MR) is 199 cm³/mol. The maximum atomic E-state index is 2.36. The molecule has 0 bridgehead atoms. The number of rotatable bonds is 5. The molecule has 0 aromatic rings. The van der Waals surface area contributed by atoms with Gasteiger partial charge in [0, 0.05) is 0 Å². The molecule has 252 valence electrons. The van der Waals surface area contributed by atoms with E-state index in [1.165, 1.54) is 83.5 Å².